The number of nitrogens with zero attached hydrogens (tertiary/aromatic N) is 3. The van der Waals surface area contributed by atoms with Gasteiger partial charge in [0, 0.05) is 49.4 Å². The molecule has 3 aromatic rings. The normalized spacial score (nSPS) is 18.6. The maximum atomic E-state index is 13.1. The Kier molecular flexibility index (Phi) is 7.52. The molecule has 39 heavy (non-hydrogen) atoms. The third-order valence-corrected chi connectivity index (χ3v) is 7.58. The Labute approximate surface area is 232 Å². The summed E-state index contributed by atoms with van der Waals surface area (Å²) in [6.45, 7) is 12.9. The van der Waals surface area contributed by atoms with Crippen molar-refractivity contribution < 1.29 is 9.59 Å². The van der Waals surface area contributed by atoms with Crippen molar-refractivity contribution in [3.63, 3.8) is 0 Å². The predicted octanol–water partition coefficient (Wildman–Crippen LogP) is 5.49. The molecule has 2 aliphatic rings. The van der Waals surface area contributed by atoms with Crippen molar-refractivity contribution in [2.45, 2.75) is 78.6 Å². The van der Waals surface area contributed by atoms with Crippen LogP contribution in [-0.4, -0.2) is 38.7 Å². The van der Waals surface area contributed by atoms with E-state index in [0.717, 1.165) is 41.6 Å². The summed E-state index contributed by atoms with van der Waals surface area (Å²) in [6.07, 6.45) is 5.72. The van der Waals surface area contributed by atoms with Crippen LogP contribution in [0.1, 0.15) is 69.2 Å². The van der Waals surface area contributed by atoms with Gasteiger partial charge in [-0.2, -0.15) is 5.10 Å². The number of carbonyl (C=O) groups excluding carboxylic acids is 2. The predicted molar refractivity (Wildman–Crippen MR) is 154 cm³/mol. The van der Waals surface area contributed by atoms with Gasteiger partial charge >= 0.3 is 6.03 Å². The van der Waals surface area contributed by atoms with Crippen LogP contribution in [0.4, 0.5) is 4.79 Å². The molecule has 2 heterocycles. The van der Waals surface area contributed by atoms with E-state index in [-0.39, 0.29) is 23.4 Å². The Hall–Kier alpha value is -3.61. The first-order chi connectivity index (χ1) is 18.6. The van der Waals surface area contributed by atoms with Gasteiger partial charge < -0.3 is 15.5 Å². The highest BCUT2D eigenvalue weighted by Gasteiger charge is 2.43. The number of benzene rings is 2. The highest BCUT2D eigenvalue weighted by molar-refractivity contribution is 5.83. The minimum Gasteiger partial charge on any atom is -0.352 e. The number of amides is 3. The van der Waals surface area contributed by atoms with Crippen molar-refractivity contribution in [2.24, 2.45) is 11.8 Å². The second kappa shape index (κ2) is 10.9. The lowest BCUT2D eigenvalue weighted by Crippen LogP contribution is -2.50. The van der Waals surface area contributed by atoms with E-state index in [9.17, 15) is 9.59 Å². The van der Waals surface area contributed by atoms with Crippen LogP contribution in [0.25, 0.3) is 11.1 Å². The maximum Gasteiger partial charge on any atom is 0.318 e. The Morgan fingerprint density at radius 1 is 1.08 bits per heavy atom. The van der Waals surface area contributed by atoms with Crippen molar-refractivity contribution in [3.05, 3.63) is 77.1 Å². The Bertz CT molecular complexity index is 1340. The molecule has 0 radical (unpaired) electrons. The van der Waals surface area contributed by atoms with Gasteiger partial charge in [0.15, 0.2) is 0 Å². The fraction of sp³-hybridized carbons (Fsp3) is 0.469. The van der Waals surface area contributed by atoms with E-state index in [0.29, 0.717) is 31.5 Å². The van der Waals surface area contributed by atoms with E-state index in [2.05, 4.69) is 60.0 Å². The van der Waals surface area contributed by atoms with E-state index in [1.165, 1.54) is 11.1 Å². The number of hydrogen-bond donors (Lipinski definition) is 2. The highest BCUT2D eigenvalue weighted by atomic mass is 16.2. The fourth-order valence-corrected chi connectivity index (χ4v) is 5.59. The molecular weight excluding hydrogens is 486 g/mol. The van der Waals surface area contributed by atoms with Gasteiger partial charge in [-0.05, 0) is 73.3 Å². The first-order valence-corrected chi connectivity index (χ1v) is 14.1. The van der Waals surface area contributed by atoms with Crippen molar-refractivity contribution in [2.75, 3.05) is 6.54 Å². The minimum atomic E-state index is -0.305. The highest BCUT2D eigenvalue weighted by Crippen LogP contribution is 2.47. The number of hydrogen-bond acceptors (Lipinski definition) is 3. The molecule has 1 aliphatic carbocycles. The van der Waals surface area contributed by atoms with Gasteiger partial charge in [-0.1, -0.05) is 56.3 Å². The van der Waals surface area contributed by atoms with Gasteiger partial charge in [0.05, 0.1) is 6.20 Å². The number of aromatic nitrogens is 2. The summed E-state index contributed by atoms with van der Waals surface area (Å²) in [5, 5.41) is 10.9. The molecule has 7 nitrogen and oxygen atoms in total. The molecule has 0 bridgehead atoms. The second-order valence-electron chi connectivity index (χ2n) is 12.5. The van der Waals surface area contributed by atoms with Crippen LogP contribution in [0.5, 0.6) is 0 Å². The fourth-order valence-electron chi connectivity index (χ4n) is 5.59. The summed E-state index contributed by atoms with van der Waals surface area (Å²) in [6, 6.07) is 14.5. The molecule has 0 spiro atoms. The summed E-state index contributed by atoms with van der Waals surface area (Å²) in [4.78, 5) is 28.0. The van der Waals surface area contributed by atoms with Crippen LogP contribution < -0.4 is 10.6 Å². The largest absolute Gasteiger partial charge is 0.352 e. The molecule has 2 aromatic carbocycles. The van der Waals surface area contributed by atoms with Crippen LogP contribution in [0.3, 0.4) is 0 Å². The zero-order valence-electron chi connectivity index (χ0n) is 23.8. The lowest BCUT2D eigenvalue weighted by molar-refractivity contribution is -0.122. The van der Waals surface area contributed by atoms with Crippen LogP contribution in [0.15, 0.2) is 54.9 Å². The number of rotatable bonds is 7. The monoisotopic (exact) mass is 527 g/mol. The number of carbonyl (C=O) groups is 2. The average Bonchev–Trinajstić information content (AvgIpc) is 3.57. The third-order valence-electron chi connectivity index (χ3n) is 7.58. The minimum absolute atomic E-state index is 0.0309. The van der Waals surface area contributed by atoms with Crippen LogP contribution >= 0.6 is 0 Å². The van der Waals surface area contributed by atoms with E-state index >= 15 is 0 Å². The molecule has 1 fully saturated rings. The van der Waals surface area contributed by atoms with Gasteiger partial charge in [0.25, 0.3) is 0 Å². The smallest absolute Gasteiger partial charge is 0.318 e. The molecule has 3 amide bonds. The third kappa shape index (κ3) is 6.35. The molecule has 2 N–H and O–H groups in total. The first-order valence-electron chi connectivity index (χ1n) is 14.1. The molecule has 0 saturated heterocycles. The van der Waals surface area contributed by atoms with Crippen molar-refractivity contribution in [1.29, 1.82) is 0 Å². The van der Waals surface area contributed by atoms with Gasteiger partial charge in [0.2, 0.25) is 5.91 Å². The maximum absolute atomic E-state index is 13.1. The topological polar surface area (TPSA) is 79.3 Å². The summed E-state index contributed by atoms with van der Waals surface area (Å²) in [5.41, 5.74) is 6.64. The lowest BCUT2D eigenvalue weighted by Gasteiger charge is -2.34. The zero-order chi connectivity index (χ0) is 27.7. The van der Waals surface area contributed by atoms with E-state index in [1.807, 2.05) is 54.7 Å². The summed E-state index contributed by atoms with van der Waals surface area (Å²) < 4.78 is 2.01. The van der Waals surface area contributed by atoms with E-state index in [4.69, 9.17) is 0 Å². The second-order valence-corrected chi connectivity index (χ2v) is 12.5. The Morgan fingerprint density at radius 2 is 1.85 bits per heavy atom. The summed E-state index contributed by atoms with van der Waals surface area (Å²) >= 11 is 0. The number of urea groups is 1. The summed E-state index contributed by atoms with van der Waals surface area (Å²) in [7, 11) is 0. The average molecular weight is 528 g/mol. The molecule has 1 unspecified atom stereocenters. The van der Waals surface area contributed by atoms with Crippen molar-refractivity contribution in [1.82, 2.24) is 25.3 Å². The van der Waals surface area contributed by atoms with Crippen LogP contribution in [0.2, 0.25) is 0 Å². The molecule has 7 heteroatoms. The van der Waals surface area contributed by atoms with Crippen molar-refractivity contribution >= 4 is 11.9 Å². The van der Waals surface area contributed by atoms with E-state index in [1.54, 1.807) is 0 Å². The Morgan fingerprint density at radius 3 is 2.56 bits per heavy atom. The van der Waals surface area contributed by atoms with E-state index < -0.39 is 0 Å². The molecule has 2 atom stereocenters. The molecule has 1 aliphatic heterocycles. The van der Waals surface area contributed by atoms with Gasteiger partial charge in [-0.3, -0.25) is 9.48 Å². The van der Waals surface area contributed by atoms with Crippen LogP contribution in [-0.2, 0) is 30.8 Å². The zero-order valence-corrected chi connectivity index (χ0v) is 23.8. The lowest BCUT2D eigenvalue weighted by atomic mass is 9.88. The van der Waals surface area contributed by atoms with Crippen molar-refractivity contribution in [3.8, 4) is 11.1 Å². The standard InChI is InChI=1S/C32H41N5O2/c1-21(2)18-37-19-24(17-34-37)25-12-11-23(16-33-30(38)28-15-27(28)22-9-7-6-8-10-22)29-20-36(14-13-26(25)29)31(39)35-32(3,4)5/h6-12,17,19,21,27-28H,13-16,18,20H2,1-5H3,(H,33,38)(H,35,39)/t27-,28?/m0/s1. The number of fused-ring (bicyclic) bond motifs is 1. The Balaban J connectivity index is 1.37. The molecule has 1 aromatic heterocycles. The molecular formula is C32H41N5O2. The molecule has 1 saturated carbocycles. The number of nitrogens with one attached hydrogen (secondary N) is 2. The first kappa shape index (κ1) is 27.0. The molecule has 206 valence electrons. The quantitative estimate of drug-likeness (QED) is 0.426. The summed E-state index contributed by atoms with van der Waals surface area (Å²) in [5.74, 6) is 0.958. The van der Waals surface area contributed by atoms with Gasteiger partial charge in [-0.25, -0.2) is 4.79 Å². The van der Waals surface area contributed by atoms with Gasteiger partial charge in [-0.15, -0.1) is 0 Å². The van der Waals surface area contributed by atoms with Crippen LogP contribution in [0, 0.1) is 11.8 Å². The molecule has 5 rings (SSSR count). The SMILES string of the molecule is CC(C)Cn1cc(-c2ccc(CNC(=O)C3C[C@H]3c3ccccc3)c3c2CCN(C(=O)NC(C)(C)C)C3)cn1. The van der Waals surface area contributed by atoms with Gasteiger partial charge in [0.1, 0.15) is 0 Å².